The smallest absolute Gasteiger partial charge is 0.125 e. The molecule has 0 spiro atoms. The van der Waals surface area contributed by atoms with Gasteiger partial charge in [-0.15, -0.1) is 0 Å². The Balaban J connectivity index is 1.94. The lowest BCUT2D eigenvalue weighted by Gasteiger charge is -2.21. The van der Waals surface area contributed by atoms with Crippen molar-refractivity contribution in [3.8, 4) is 5.75 Å². The van der Waals surface area contributed by atoms with Crippen molar-refractivity contribution in [1.82, 2.24) is 0 Å². The second kappa shape index (κ2) is 6.59. The maximum atomic E-state index is 6.10. The summed E-state index contributed by atoms with van der Waals surface area (Å²) in [5.41, 5.74) is 2.19. The Hall–Kier alpha value is -0.710. The maximum Gasteiger partial charge on any atom is 0.125 e. The van der Waals surface area contributed by atoms with Gasteiger partial charge in [-0.25, -0.2) is 0 Å². The lowest BCUT2D eigenvalue weighted by atomic mass is 10.0. The van der Waals surface area contributed by atoms with Gasteiger partial charge in [0.05, 0.1) is 18.3 Å². The summed E-state index contributed by atoms with van der Waals surface area (Å²) in [5, 5.41) is 4.30. The Morgan fingerprint density at radius 2 is 2.00 bits per heavy atom. The number of ether oxygens (including phenoxy) is 1. The van der Waals surface area contributed by atoms with Crippen molar-refractivity contribution in [2.75, 3.05) is 11.9 Å². The second-order valence-corrected chi connectivity index (χ2v) is 7.20. The molecular weight excluding hydrogens is 417 g/mol. The minimum absolute atomic E-state index is 0.213. The molecule has 0 radical (unpaired) electrons. The molecule has 1 N–H and O–H groups in total. The highest BCUT2D eigenvalue weighted by Crippen LogP contribution is 2.37. The molecule has 3 rings (SSSR count). The summed E-state index contributed by atoms with van der Waals surface area (Å²) < 4.78 is 7.89. The van der Waals surface area contributed by atoms with Crippen molar-refractivity contribution in [1.29, 1.82) is 0 Å². The first-order chi connectivity index (χ1) is 10.1. The fourth-order valence-corrected chi connectivity index (χ4v) is 3.37. The molecule has 0 aliphatic carbocycles. The predicted octanol–water partition coefficient (Wildman–Crippen LogP) is 6.19. The van der Waals surface area contributed by atoms with Gasteiger partial charge >= 0.3 is 0 Å². The number of anilines is 1. The van der Waals surface area contributed by atoms with E-state index in [1.165, 1.54) is 5.56 Å². The van der Waals surface area contributed by atoms with Crippen LogP contribution in [0.25, 0.3) is 0 Å². The van der Waals surface area contributed by atoms with E-state index in [1.54, 1.807) is 0 Å². The van der Waals surface area contributed by atoms with Crippen LogP contribution < -0.4 is 10.1 Å². The van der Waals surface area contributed by atoms with Crippen LogP contribution in [-0.2, 0) is 0 Å². The third-order valence-corrected chi connectivity index (χ3v) is 4.92. The second-order valence-electron chi connectivity index (χ2n) is 4.99. The van der Waals surface area contributed by atoms with Gasteiger partial charge in [-0.2, -0.15) is 0 Å². The van der Waals surface area contributed by atoms with Gasteiger partial charge in [0, 0.05) is 19.5 Å². The van der Waals surface area contributed by atoms with Crippen LogP contribution in [0.2, 0.25) is 5.02 Å². The lowest BCUT2D eigenvalue weighted by molar-refractivity contribution is 0.316. The van der Waals surface area contributed by atoms with Crippen molar-refractivity contribution < 1.29 is 4.74 Å². The Labute approximate surface area is 146 Å². The van der Waals surface area contributed by atoms with Crippen LogP contribution >= 0.6 is 43.5 Å². The molecule has 0 fully saturated rings. The fraction of sp³-hybridized carbons (Fsp3) is 0.250. The largest absolute Gasteiger partial charge is 0.493 e. The van der Waals surface area contributed by atoms with Crippen molar-refractivity contribution in [3.05, 3.63) is 55.9 Å². The van der Waals surface area contributed by atoms with Crippen molar-refractivity contribution >= 4 is 49.1 Å². The molecule has 0 bridgehead atoms. The monoisotopic (exact) mass is 429 g/mol. The molecule has 1 aliphatic rings. The molecule has 0 saturated heterocycles. The Bertz CT molecular complexity index is 663. The fourth-order valence-electron chi connectivity index (χ4n) is 2.49. The average molecular weight is 432 g/mol. The first kappa shape index (κ1) is 15.2. The molecule has 1 heterocycles. The summed E-state index contributed by atoms with van der Waals surface area (Å²) >= 11 is 13.2. The van der Waals surface area contributed by atoms with Gasteiger partial charge in [0.25, 0.3) is 0 Å². The highest BCUT2D eigenvalue weighted by atomic mass is 79.9. The highest BCUT2D eigenvalue weighted by Gasteiger charge is 2.20. The summed E-state index contributed by atoms with van der Waals surface area (Å²) in [5.74, 6) is 0.942. The minimum Gasteiger partial charge on any atom is -0.493 e. The molecule has 0 saturated carbocycles. The zero-order chi connectivity index (χ0) is 14.8. The van der Waals surface area contributed by atoms with Crippen molar-refractivity contribution in [2.24, 2.45) is 0 Å². The van der Waals surface area contributed by atoms with E-state index in [9.17, 15) is 0 Å². The first-order valence-corrected chi connectivity index (χ1v) is 8.74. The van der Waals surface area contributed by atoms with Crippen LogP contribution in [0.5, 0.6) is 5.75 Å². The summed E-state index contributed by atoms with van der Waals surface area (Å²) in [4.78, 5) is 0. The van der Waals surface area contributed by atoms with Crippen LogP contribution in [0, 0.1) is 0 Å². The molecule has 0 amide bonds. The van der Waals surface area contributed by atoms with Gasteiger partial charge in [-0.1, -0.05) is 33.6 Å². The van der Waals surface area contributed by atoms with E-state index in [-0.39, 0.29) is 6.04 Å². The Morgan fingerprint density at radius 3 is 2.86 bits per heavy atom. The third-order valence-electron chi connectivity index (χ3n) is 3.50. The molecule has 1 atom stereocenters. The third kappa shape index (κ3) is 3.55. The number of nitrogens with one attached hydrogen (secondary N) is 1. The van der Waals surface area contributed by atoms with Crippen LogP contribution in [0.3, 0.4) is 0 Å². The molecule has 110 valence electrons. The quantitative estimate of drug-likeness (QED) is 0.612. The van der Waals surface area contributed by atoms with Crippen LogP contribution in [0.1, 0.15) is 24.4 Å². The summed E-state index contributed by atoms with van der Waals surface area (Å²) in [6, 6.07) is 12.2. The lowest BCUT2D eigenvalue weighted by Crippen LogP contribution is -2.10. The zero-order valence-electron chi connectivity index (χ0n) is 11.2. The van der Waals surface area contributed by atoms with E-state index in [0.29, 0.717) is 0 Å². The summed E-state index contributed by atoms with van der Waals surface area (Å²) in [7, 11) is 0. The summed E-state index contributed by atoms with van der Waals surface area (Å²) in [6.45, 7) is 0.748. The van der Waals surface area contributed by atoms with Gasteiger partial charge < -0.3 is 10.1 Å². The number of benzene rings is 2. The maximum absolute atomic E-state index is 6.10. The van der Waals surface area contributed by atoms with E-state index < -0.39 is 0 Å². The first-order valence-electron chi connectivity index (χ1n) is 6.77. The Morgan fingerprint density at radius 1 is 1.14 bits per heavy atom. The van der Waals surface area contributed by atoms with E-state index in [4.69, 9.17) is 16.3 Å². The van der Waals surface area contributed by atoms with Crippen LogP contribution in [0.4, 0.5) is 5.69 Å². The molecule has 2 aromatic rings. The highest BCUT2D eigenvalue weighted by molar-refractivity contribution is 9.10. The standard InChI is InChI=1S/C16H14Br2ClNO/c17-10-3-5-12-14(2-1-7-21-16(12)8-10)20-15-9-11(19)4-6-13(15)18/h3-6,8-9,14,20H,1-2,7H2. The molecule has 1 aliphatic heterocycles. The molecule has 5 heteroatoms. The number of hydrogen-bond acceptors (Lipinski definition) is 2. The van der Waals surface area contributed by atoms with Crippen LogP contribution in [-0.4, -0.2) is 6.61 Å². The van der Waals surface area contributed by atoms with E-state index >= 15 is 0 Å². The van der Waals surface area contributed by atoms with E-state index in [0.717, 1.165) is 44.9 Å². The topological polar surface area (TPSA) is 21.3 Å². The molecule has 2 nitrogen and oxygen atoms in total. The molecule has 0 aromatic heterocycles. The van der Waals surface area contributed by atoms with Crippen molar-refractivity contribution in [2.45, 2.75) is 18.9 Å². The van der Waals surface area contributed by atoms with Gasteiger partial charge in [0.2, 0.25) is 0 Å². The minimum atomic E-state index is 0.213. The normalized spacial score (nSPS) is 17.6. The average Bonchev–Trinajstić information content (AvgIpc) is 2.65. The van der Waals surface area contributed by atoms with Crippen LogP contribution in [0.15, 0.2) is 45.3 Å². The SMILES string of the molecule is Clc1ccc(Br)c(NC2CCCOc3cc(Br)ccc32)c1. The Kier molecular flexibility index (Phi) is 4.77. The van der Waals surface area contributed by atoms with Gasteiger partial charge in [-0.3, -0.25) is 0 Å². The number of halogens is 3. The number of fused-ring (bicyclic) bond motifs is 1. The zero-order valence-corrected chi connectivity index (χ0v) is 15.1. The van der Waals surface area contributed by atoms with E-state index in [2.05, 4.69) is 49.3 Å². The van der Waals surface area contributed by atoms with Gasteiger partial charge in [0.15, 0.2) is 0 Å². The molecule has 2 aromatic carbocycles. The predicted molar refractivity (Wildman–Crippen MR) is 94.4 cm³/mol. The molecular formula is C16H14Br2ClNO. The molecule has 1 unspecified atom stereocenters. The number of rotatable bonds is 2. The van der Waals surface area contributed by atoms with Crippen molar-refractivity contribution in [3.63, 3.8) is 0 Å². The van der Waals surface area contributed by atoms with Gasteiger partial charge in [0.1, 0.15) is 5.75 Å². The van der Waals surface area contributed by atoms with Gasteiger partial charge in [-0.05, 0) is 59.1 Å². The van der Waals surface area contributed by atoms with E-state index in [1.807, 2.05) is 24.3 Å². The molecule has 21 heavy (non-hydrogen) atoms. The summed E-state index contributed by atoms with van der Waals surface area (Å²) in [6.07, 6.45) is 2.04. The number of hydrogen-bond donors (Lipinski definition) is 1.